The lowest BCUT2D eigenvalue weighted by Gasteiger charge is -2.22. The molecular formula is C24H25N3O4. The summed E-state index contributed by atoms with van der Waals surface area (Å²) in [6, 6.07) is 13.3. The number of methoxy groups -OCH3 is 1. The number of hydrogen-bond donors (Lipinski definition) is 0. The summed E-state index contributed by atoms with van der Waals surface area (Å²) in [6.45, 7) is 0.438. The maximum absolute atomic E-state index is 12.9. The van der Waals surface area contributed by atoms with E-state index in [-0.39, 0.29) is 25.2 Å². The van der Waals surface area contributed by atoms with Crippen molar-refractivity contribution in [2.24, 2.45) is 5.92 Å². The average Bonchev–Trinajstić information content (AvgIpc) is 3.41. The Balaban J connectivity index is 1.39. The Morgan fingerprint density at radius 3 is 2.65 bits per heavy atom. The maximum Gasteiger partial charge on any atom is 0.410 e. The van der Waals surface area contributed by atoms with Gasteiger partial charge in [-0.2, -0.15) is 0 Å². The number of hydrogen-bond acceptors (Lipinski definition) is 5. The Morgan fingerprint density at radius 1 is 1.10 bits per heavy atom. The smallest absolute Gasteiger partial charge is 0.410 e. The molecule has 2 aliphatic rings. The molecule has 2 aromatic heterocycles. The lowest BCUT2D eigenvalue weighted by atomic mass is 10.0. The van der Waals surface area contributed by atoms with Crippen molar-refractivity contribution in [1.29, 1.82) is 0 Å². The van der Waals surface area contributed by atoms with Gasteiger partial charge in [-0.3, -0.25) is 9.69 Å². The van der Waals surface area contributed by atoms with Crippen LogP contribution in [-0.4, -0.2) is 40.0 Å². The highest BCUT2D eigenvalue weighted by molar-refractivity contribution is 5.76. The van der Waals surface area contributed by atoms with Crippen molar-refractivity contribution in [1.82, 2.24) is 14.3 Å². The molecule has 0 N–H and O–H groups in total. The van der Waals surface area contributed by atoms with Gasteiger partial charge in [0.15, 0.2) is 0 Å². The highest BCUT2D eigenvalue weighted by Gasteiger charge is 2.42. The van der Waals surface area contributed by atoms with Gasteiger partial charge in [0.1, 0.15) is 12.3 Å². The fraction of sp³-hybridized carbons (Fsp3) is 0.375. The molecule has 0 radical (unpaired) electrons. The molecule has 5 rings (SSSR count). The van der Waals surface area contributed by atoms with Crippen LogP contribution in [0.5, 0.6) is 0 Å². The molecule has 1 aliphatic heterocycles. The van der Waals surface area contributed by atoms with E-state index in [2.05, 4.69) is 12.3 Å². The molecule has 1 saturated carbocycles. The Hall–Kier alpha value is -3.35. The summed E-state index contributed by atoms with van der Waals surface area (Å²) in [7, 11) is 1.37. The average molecular weight is 419 g/mol. The summed E-state index contributed by atoms with van der Waals surface area (Å²) < 4.78 is 12.5. The van der Waals surface area contributed by atoms with Gasteiger partial charge in [0.25, 0.3) is 0 Å². The number of carbonyl (C=O) groups excluding carboxylic acids is 2. The van der Waals surface area contributed by atoms with Crippen LogP contribution in [0, 0.1) is 5.92 Å². The van der Waals surface area contributed by atoms with Crippen LogP contribution in [-0.2, 0) is 20.9 Å². The number of imidazole rings is 1. The van der Waals surface area contributed by atoms with Gasteiger partial charge in [0, 0.05) is 18.9 Å². The molecule has 2 atom stereocenters. The Kier molecular flexibility index (Phi) is 5.10. The first-order chi connectivity index (χ1) is 15.1. The SMILES string of the molecule is COC(=O)[C@H]1C[C@H](c2cn3cc(C4CC4)ccc3n2)N(C(=O)OCc2ccccc2)C1. The lowest BCUT2D eigenvalue weighted by molar-refractivity contribution is -0.144. The number of nitrogens with zero attached hydrogens (tertiary/aromatic N) is 3. The third-order valence-electron chi connectivity index (χ3n) is 6.16. The number of pyridine rings is 1. The Morgan fingerprint density at radius 2 is 1.90 bits per heavy atom. The second-order valence-corrected chi connectivity index (χ2v) is 8.33. The number of amides is 1. The zero-order valence-electron chi connectivity index (χ0n) is 17.4. The first-order valence-corrected chi connectivity index (χ1v) is 10.7. The molecule has 7 heteroatoms. The maximum atomic E-state index is 12.9. The van der Waals surface area contributed by atoms with Gasteiger partial charge in [-0.15, -0.1) is 0 Å². The third-order valence-corrected chi connectivity index (χ3v) is 6.16. The van der Waals surface area contributed by atoms with Crippen LogP contribution < -0.4 is 0 Å². The van der Waals surface area contributed by atoms with E-state index >= 15 is 0 Å². The number of aromatic nitrogens is 2. The molecule has 1 amide bonds. The van der Waals surface area contributed by atoms with E-state index in [4.69, 9.17) is 14.5 Å². The Bertz CT molecular complexity index is 1110. The predicted molar refractivity (Wildman–Crippen MR) is 113 cm³/mol. The van der Waals surface area contributed by atoms with Gasteiger partial charge >= 0.3 is 12.1 Å². The molecular weight excluding hydrogens is 394 g/mol. The van der Waals surface area contributed by atoms with Crippen molar-refractivity contribution >= 4 is 17.7 Å². The number of ether oxygens (including phenoxy) is 2. The summed E-state index contributed by atoms with van der Waals surface area (Å²) in [6.07, 6.45) is 6.56. The van der Waals surface area contributed by atoms with Gasteiger partial charge in [0.05, 0.1) is 24.8 Å². The molecule has 31 heavy (non-hydrogen) atoms. The van der Waals surface area contributed by atoms with E-state index < -0.39 is 12.0 Å². The zero-order valence-corrected chi connectivity index (χ0v) is 17.4. The number of benzene rings is 1. The third kappa shape index (κ3) is 4.00. The van der Waals surface area contributed by atoms with Crippen LogP contribution in [0.1, 0.15) is 48.0 Å². The molecule has 3 aromatic rings. The van der Waals surface area contributed by atoms with E-state index in [1.54, 1.807) is 4.90 Å². The van der Waals surface area contributed by atoms with E-state index in [9.17, 15) is 9.59 Å². The summed E-state index contributed by atoms with van der Waals surface area (Å²) >= 11 is 0. The van der Waals surface area contributed by atoms with Crippen LogP contribution in [0.2, 0.25) is 0 Å². The second kappa shape index (κ2) is 8.06. The highest BCUT2D eigenvalue weighted by atomic mass is 16.6. The molecule has 160 valence electrons. The van der Waals surface area contributed by atoms with Crippen molar-refractivity contribution in [3.63, 3.8) is 0 Å². The van der Waals surface area contributed by atoms with Crippen molar-refractivity contribution in [2.45, 2.75) is 37.8 Å². The van der Waals surface area contributed by atoms with Crippen LogP contribution >= 0.6 is 0 Å². The van der Waals surface area contributed by atoms with E-state index in [1.165, 1.54) is 25.5 Å². The summed E-state index contributed by atoms with van der Waals surface area (Å²) in [5.41, 5.74) is 3.82. The van der Waals surface area contributed by atoms with E-state index in [0.717, 1.165) is 16.9 Å². The predicted octanol–water partition coefficient (Wildman–Crippen LogP) is 4.08. The molecule has 1 aliphatic carbocycles. The first kappa shape index (κ1) is 19.6. The van der Waals surface area contributed by atoms with Crippen molar-refractivity contribution < 1.29 is 19.1 Å². The van der Waals surface area contributed by atoms with Crippen LogP contribution in [0.15, 0.2) is 54.9 Å². The molecule has 1 saturated heterocycles. The van der Waals surface area contributed by atoms with Gasteiger partial charge in [-0.25, -0.2) is 9.78 Å². The van der Waals surface area contributed by atoms with Crippen molar-refractivity contribution in [3.8, 4) is 0 Å². The number of esters is 1. The van der Waals surface area contributed by atoms with Crippen molar-refractivity contribution in [3.05, 3.63) is 71.7 Å². The summed E-state index contributed by atoms with van der Waals surface area (Å²) in [5, 5.41) is 0. The molecule has 2 fully saturated rings. The van der Waals surface area contributed by atoms with Gasteiger partial charge in [-0.1, -0.05) is 36.4 Å². The summed E-state index contributed by atoms with van der Waals surface area (Å²) in [5.74, 6) is -0.0656. The number of rotatable bonds is 5. The molecule has 7 nitrogen and oxygen atoms in total. The molecule has 0 spiro atoms. The first-order valence-electron chi connectivity index (χ1n) is 10.7. The normalized spacial score (nSPS) is 20.7. The molecule has 3 heterocycles. The second-order valence-electron chi connectivity index (χ2n) is 8.33. The largest absolute Gasteiger partial charge is 0.469 e. The molecule has 0 unspecified atom stereocenters. The minimum Gasteiger partial charge on any atom is -0.469 e. The fourth-order valence-corrected chi connectivity index (χ4v) is 4.31. The van der Waals surface area contributed by atoms with Gasteiger partial charge < -0.3 is 13.9 Å². The highest BCUT2D eigenvalue weighted by Crippen LogP contribution is 2.40. The van der Waals surface area contributed by atoms with Gasteiger partial charge in [-0.05, 0) is 42.4 Å². The number of likely N-dealkylation sites (tertiary alicyclic amines) is 1. The molecule has 1 aromatic carbocycles. The van der Waals surface area contributed by atoms with Crippen LogP contribution in [0.25, 0.3) is 5.65 Å². The number of carbonyl (C=O) groups is 2. The summed E-state index contributed by atoms with van der Waals surface area (Å²) in [4.78, 5) is 31.5. The zero-order chi connectivity index (χ0) is 21.4. The minimum absolute atomic E-state index is 0.182. The minimum atomic E-state index is -0.448. The topological polar surface area (TPSA) is 73.1 Å². The standard InChI is InChI=1S/C24H25N3O4/c1-30-23(28)19-11-21(27(13-19)24(29)31-15-16-5-3-2-4-6-16)20-14-26-12-18(17-7-8-17)9-10-22(26)25-20/h2-6,9-10,12,14,17,19,21H,7-8,11,13,15H2,1H3/t19-,21+/m0/s1. The Labute approximate surface area is 180 Å². The lowest BCUT2D eigenvalue weighted by Crippen LogP contribution is -2.32. The number of fused-ring (bicyclic) bond motifs is 1. The van der Waals surface area contributed by atoms with E-state index in [0.29, 0.717) is 12.3 Å². The van der Waals surface area contributed by atoms with Crippen LogP contribution in [0.3, 0.4) is 0 Å². The van der Waals surface area contributed by atoms with E-state index in [1.807, 2.05) is 47.0 Å². The molecule has 0 bridgehead atoms. The van der Waals surface area contributed by atoms with Gasteiger partial charge in [0.2, 0.25) is 0 Å². The monoisotopic (exact) mass is 419 g/mol. The fourth-order valence-electron chi connectivity index (χ4n) is 4.31. The quantitative estimate of drug-likeness (QED) is 0.583. The van der Waals surface area contributed by atoms with Crippen molar-refractivity contribution in [2.75, 3.05) is 13.7 Å². The van der Waals surface area contributed by atoms with Crippen LogP contribution in [0.4, 0.5) is 4.79 Å².